The first-order valence-corrected chi connectivity index (χ1v) is 26.2. The van der Waals surface area contributed by atoms with Crippen LogP contribution in [0.15, 0.2) is 297 Å². The molecule has 13 aromatic rings. The molecule has 13 aromatic carbocycles. The highest BCUT2D eigenvalue weighted by Crippen LogP contribution is 2.60. The summed E-state index contributed by atoms with van der Waals surface area (Å²) in [6, 6.07) is 111. The van der Waals surface area contributed by atoms with Gasteiger partial charge in [0.1, 0.15) is 0 Å². The van der Waals surface area contributed by atoms with E-state index in [0.29, 0.717) is 0 Å². The maximum absolute atomic E-state index is 2.49. The molecule has 2 aliphatic carbocycles. The van der Waals surface area contributed by atoms with Gasteiger partial charge in [-0.05, 0) is 147 Å². The lowest BCUT2D eigenvalue weighted by atomic mass is 9.67. The monoisotopic (exact) mass is 951 g/mol. The van der Waals surface area contributed by atoms with E-state index in [1.54, 1.807) is 0 Å². The maximum Gasteiger partial charge on any atom is 0.0714 e. The summed E-state index contributed by atoms with van der Waals surface area (Å²) in [7, 11) is 0. The van der Waals surface area contributed by atoms with Crippen molar-refractivity contribution in [2.24, 2.45) is 0 Å². The molecule has 350 valence electrons. The number of fused-ring (bicyclic) bond motifs is 12. The van der Waals surface area contributed by atoms with Crippen molar-refractivity contribution >= 4 is 49.4 Å². The Morgan fingerprint density at radius 3 is 1.15 bits per heavy atom. The molecule has 2 aliphatic rings. The van der Waals surface area contributed by atoms with Gasteiger partial charge in [0.2, 0.25) is 0 Å². The average molecular weight is 952 g/mol. The molecule has 0 spiro atoms. The third kappa shape index (κ3) is 6.25. The number of rotatable bonds is 8. The lowest BCUT2D eigenvalue weighted by Gasteiger charge is -2.35. The van der Waals surface area contributed by atoms with Gasteiger partial charge >= 0.3 is 0 Å². The molecule has 0 amide bonds. The van der Waals surface area contributed by atoms with Crippen molar-refractivity contribution in [1.82, 2.24) is 0 Å². The van der Waals surface area contributed by atoms with Gasteiger partial charge in [0.15, 0.2) is 0 Å². The van der Waals surface area contributed by atoms with Crippen LogP contribution < -0.4 is 4.90 Å². The van der Waals surface area contributed by atoms with Crippen molar-refractivity contribution in [3.05, 3.63) is 342 Å². The molecular formula is C74H49N. The van der Waals surface area contributed by atoms with Crippen molar-refractivity contribution in [3.63, 3.8) is 0 Å². The molecule has 0 atom stereocenters. The first-order chi connectivity index (χ1) is 37.2. The van der Waals surface area contributed by atoms with Gasteiger partial charge in [-0.2, -0.15) is 0 Å². The Balaban J connectivity index is 0.956. The summed E-state index contributed by atoms with van der Waals surface area (Å²) in [5.41, 5.74) is 20.0. The zero-order chi connectivity index (χ0) is 49.5. The van der Waals surface area contributed by atoms with Gasteiger partial charge in [-0.25, -0.2) is 0 Å². The zero-order valence-corrected chi connectivity index (χ0v) is 41.2. The van der Waals surface area contributed by atoms with Crippen molar-refractivity contribution in [2.75, 3.05) is 4.90 Å². The van der Waals surface area contributed by atoms with Crippen LogP contribution in [-0.2, 0) is 10.8 Å². The van der Waals surface area contributed by atoms with E-state index in [0.717, 1.165) is 17.1 Å². The van der Waals surface area contributed by atoms with Crippen molar-refractivity contribution in [2.45, 2.75) is 10.8 Å². The fraction of sp³-hybridized carbons (Fsp3) is 0.0270. The minimum absolute atomic E-state index is 0.477. The summed E-state index contributed by atoms with van der Waals surface area (Å²) < 4.78 is 0. The molecule has 1 heteroatoms. The number of hydrogen-bond donors (Lipinski definition) is 0. The van der Waals surface area contributed by atoms with E-state index in [1.807, 2.05) is 0 Å². The fourth-order valence-electron chi connectivity index (χ4n) is 13.6. The van der Waals surface area contributed by atoms with Crippen LogP contribution in [0, 0.1) is 0 Å². The second-order valence-corrected chi connectivity index (χ2v) is 20.2. The van der Waals surface area contributed by atoms with Crippen LogP contribution in [0.5, 0.6) is 0 Å². The highest BCUT2D eigenvalue weighted by Gasteiger charge is 2.48. The van der Waals surface area contributed by atoms with Crippen LogP contribution in [0.3, 0.4) is 0 Å². The summed E-state index contributed by atoms with van der Waals surface area (Å²) in [6.45, 7) is 0. The third-order valence-corrected chi connectivity index (χ3v) is 16.6. The summed E-state index contributed by atoms with van der Waals surface area (Å²) in [4.78, 5) is 2.48. The van der Waals surface area contributed by atoms with Crippen LogP contribution in [0.1, 0.15) is 44.5 Å². The Morgan fingerprint density at radius 1 is 0.213 bits per heavy atom. The Labute approximate surface area is 437 Å². The topological polar surface area (TPSA) is 3.24 Å². The molecule has 0 N–H and O–H groups in total. The number of anilines is 3. The molecule has 0 bridgehead atoms. The van der Waals surface area contributed by atoms with Crippen LogP contribution >= 0.6 is 0 Å². The van der Waals surface area contributed by atoms with Gasteiger partial charge in [-0.1, -0.05) is 261 Å². The highest BCUT2D eigenvalue weighted by molar-refractivity contribution is 6.25. The van der Waals surface area contributed by atoms with E-state index in [1.165, 1.54) is 110 Å². The van der Waals surface area contributed by atoms with E-state index in [-0.39, 0.29) is 0 Å². The lowest BCUT2D eigenvalue weighted by molar-refractivity contribution is 0.768. The molecule has 75 heavy (non-hydrogen) atoms. The molecule has 0 saturated carbocycles. The second kappa shape index (κ2) is 17.0. The molecule has 0 heterocycles. The van der Waals surface area contributed by atoms with Crippen molar-refractivity contribution in [1.29, 1.82) is 0 Å². The molecule has 0 aromatic heterocycles. The van der Waals surface area contributed by atoms with E-state index in [9.17, 15) is 0 Å². The lowest BCUT2D eigenvalue weighted by Crippen LogP contribution is -2.28. The van der Waals surface area contributed by atoms with E-state index in [4.69, 9.17) is 0 Å². The van der Waals surface area contributed by atoms with Gasteiger partial charge in [-0.15, -0.1) is 0 Å². The fourth-order valence-corrected chi connectivity index (χ4v) is 13.6. The smallest absolute Gasteiger partial charge is 0.0714 e. The molecule has 0 radical (unpaired) electrons. The first-order valence-electron chi connectivity index (χ1n) is 26.2. The maximum atomic E-state index is 2.49. The predicted octanol–water partition coefficient (Wildman–Crippen LogP) is 19.0. The molecule has 0 saturated heterocycles. The molecule has 15 rings (SSSR count). The van der Waals surface area contributed by atoms with Crippen LogP contribution in [0.25, 0.3) is 65.7 Å². The Bertz CT molecular complexity index is 4220. The molecule has 1 nitrogen and oxygen atoms in total. The number of hydrogen-bond acceptors (Lipinski definition) is 1. The van der Waals surface area contributed by atoms with Gasteiger partial charge < -0.3 is 4.90 Å². The summed E-state index contributed by atoms with van der Waals surface area (Å²) in [5, 5.41) is 7.54. The SMILES string of the molecule is c1ccc(C2(c3ccccc3)c3ccccc3-c3ccc(N(c4ccc(-c5cccc6c5-c5ccccc5C6(c5ccccc5)c5ccccc5)cc4)c4ccc5c6ccccc6c6ccccc6c5c4)cc32)cc1. The van der Waals surface area contributed by atoms with Crippen LogP contribution in [0.2, 0.25) is 0 Å². The van der Waals surface area contributed by atoms with Gasteiger partial charge in [0.05, 0.1) is 10.8 Å². The van der Waals surface area contributed by atoms with Gasteiger partial charge in [0, 0.05) is 17.1 Å². The summed E-state index contributed by atoms with van der Waals surface area (Å²) in [6.07, 6.45) is 0. The molecular weight excluding hydrogens is 903 g/mol. The molecule has 0 unspecified atom stereocenters. The normalized spacial score (nSPS) is 13.5. The Morgan fingerprint density at radius 2 is 0.587 bits per heavy atom. The number of nitrogens with zero attached hydrogens (tertiary/aromatic N) is 1. The Kier molecular flexibility index (Phi) is 9.77. The molecule has 0 fully saturated rings. The number of benzene rings is 13. The minimum atomic E-state index is -0.544. The van der Waals surface area contributed by atoms with Gasteiger partial charge in [-0.3, -0.25) is 0 Å². The zero-order valence-electron chi connectivity index (χ0n) is 41.2. The van der Waals surface area contributed by atoms with E-state index >= 15 is 0 Å². The third-order valence-electron chi connectivity index (χ3n) is 16.6. The quantitative estimate of drug-likeness (QED) is 0.137. The highest BCUT2D eigenvalue weighted by atomic mass is 15.1. The largest absolute Gasteiger partial charge is 0.310 e. The van der Waals surface area contributed by atoms with Crippen LogP contribution in [0.4, 0.5) is 17.1 Å². The van der Waals surface area contributed by atoms with E-state index < -0.39 is 10.8 Å². The van der Waals surface area contributed by atoms with Gasteiger partial charge in [0.25, 0.3) is 0 Å². The van der Waals surface area contributed by atoms with Crippen LogP contribution in [-0.4, -0.2) is 0 Å². The minimum Gasteiger partial charge on any atom is -0.310 e. The van der Waals surface area contributed by atoms with Crippen molar-refractivity contribution < 1.29 is 0 Å². The van der Waals surface area contributed by atoms with E-state index in [2.05, 4.69) is 302 Å². The predicted molar refractivity (Wildman–Crippen MR) is 314 cm³/mol. The standard InChI is InChI=1S/C74H49N/c1-5-22-51(23-6-1)73(52-24-7-2-8-25-52)69-38-20-18-35-66(69)72-58(36-21-39-70(72)73)50-40-42-55(43-41-50)75(56-44-46-63-61-32-14-13-30-59(61)60-31-15-16-33-62(60)67(63)48-56)57-45-47-65-64-34-17-19-37-68(64)74(71(65)49-57,53-26-9-3-10-27-53)54-28-11-4-12-29-54/h1-49H. The van der Waals surface area contributed by atoms with Crippen molar-refractivity contribution in [3.8, 4) is 33.4 Å². The second-order valence-electron chi connectivity index (χ2n) is 20.2. The first kappa shape index (κ1) is 43.1. The summed E-state index contributed by atoms with van der Waals surface area (Å²) in [5.74, 6) is 0. The average Bonchev–Trinajstić information content (AvgIpc) is 3.98. The summed E-state index contributed by atoms with van der Waals surface area (Å²) >= 11 is 0. The Hall–Kier alpha value is -9.56. The molecule has 0 aliphatic heterocycles.